The molecule has 0 radical (unpaired) electrons. The van der Waals surface area contributed by atoms with E-state index in [0.29, 0.717) is 5.56 Å². The molecule has 4 rings (SSSR count). The second kappa shape index (κ2) is 6.69. The molecule has 25 heavy (non-hydrogen) atoms. The van der Waals surface area contributed by atoms with Crippen molar-refractivity contribution in [3.63, 3.8) is 0 Å². The summed E-state index contributed by atoms with van der Waals surface area (Å²) in [7, 11) is 0. The minimum Gasteiger partial charge on any atom is -0.342 e. The normalized spacial score (nSPS) is 10.9. The summed E-state index contributed by atoms with van der Waals surface area (Å²) in [6.45, 7) is 0.732. The van der Waals surface area contributed by atoms with Crippen LogP contribution in [0.1, 0.15) is 21.5 Å². The summed E-state index contributed by atoms with van der Waals surface area (Å²) in [6, 6.07) is 25.8. The minimum atomic E-state index is 0.0614. The fourth-order valence-electron chi connectivity index (χ4n) is 3.09. The monoisotopic (exact) mass is 389 g/mol. The number of carbonyl (C=O) groups excluding carboxylic acids is 1. The Morgan fingerprint density at radius 3 is 2.28 bits per heavy atom. The molecule has 0 aliphatic carbocycles. The highest BCUT2D eigenvalue weighted by Crippen LogP contribution is 2.25. The molecule has 0 saturated heterocycles. The van der Waals surface area contributed by atoms with Crippen LogP contribution in [0.25, 0.3) is 10.9 Å². The van der Waals surface area contributed by atoms with Crippen molar-refractivity contribution < 1.29 is 4.79 Å². The predicted octanol–water partition coefficient (Wildman–Crippen LogP) is 5.68. The Bertz CT molecular complexity index is 1030. The third kappa shape index (κ3) is 3.15. The summed E-state index contributed by atoms with van der Waals surface area (Å²) < 4.78 is 3.21. The van der Waals surface area contributed by atoms with Crippen LogP contribution >= 0.6 is 15.9 Å². The minimum absolute atomic E-state index is 0.0614. The van der Waals surface area contributed by atoms with Crippen LogP contribution in [0.5, 0.6) is 0 Å². The lowest BCUT2D eigenvalue weighted by molar-refractivity contribution is 0.104. The Balaban J connectivity index is 1.79. The van der Waals surface area contributed by atoms with Gasteiger partial charge in [0.1, 0.15) is 0 Å². The largest absolute Gasteiger partial charge is 0.342 e. The molecule has 0 spiro atoms. The van der Waals surface area contributed by atoms with Crippen molar-refractivity contribution in [2.75, 3.05) is 0 Å². The maximum Gasteiger partial charge on any atom is 0.195 e. The lowest BCUT2D eigenvalue weighted by atomic mass is 10.0. The van der Waals surface area contributed by atoms with Crippen LogP contribution in [0, 0.1) is 0 Å². The van der Waals surface area contributed by atoms with Crippen molar-refractivity contribution in [2.45, 2.75) is 6.54 Å². The van der Waals surface area contributed by atoms with E-state index in [0.717, 1.165) is 27.5 Å². The van der Waals surface area contributed by atoms with Gasteiger partial charge < -0.3 is 4.57 Å². The van der Waals surface area contributed by atoms with E-state index in [1.54, 1.807) is 0 Å². The topological polar surface area (TPSA) is 22.0 Å². The standard InChI is InChI=1S/C22H16BrNO/c23-18-12-10-16(11-13-18)14-24-15-20(19-8-4-5-9-21(19)24)22(25)17-6-2-1-3-7-17/h1-13,15H,14H2. The Hall–Kier alpha value is -2.65. The number of carbonyl (C=O) groups is 1. The van der Waals surface area contributed by atoms with E-state index in [4.69, 9.17) is 0 Å². The maximum absolute atomic E-state index is 13.0. The summed E-state index contributed by atoms with van der Waals surface area (Å²) in [4.78, 5) is 13.0. The van der Waals surface area contributed by atoms with Gasteiger partial charge in [-0.2, -0.15) is 0 Å². The van der Waals surface area contributed by atoms with Gasteiger partial charge in [0.05, 0.1) is 0 Å². The number of para-hydroxylation sites is 1. The number of nitrogens with zero attached hydrogens (tertiary/aromatic N) is 1. The van der Waals surface area contributed by atoms with E-state index in [1.807, 2.05) is 66.9 Å². The molecule has 0 aliphatic rings. The molecule has 3 heteroatoms. The molecular formula is C22H16BrNO. The number of fused-ring (bicyclic) bond motifs is 1. The van der Waals surface area contributed by atoms with Crippen molar-refractivity contribution in [1.82, 2.24) is 4.57 Å². The molecular weight excluding hydrogens is 374 g/mol. The molecule has 1 heterocycles. The number of aromatic nitrogens is 1. The van der Waals surface area contributed by atoms with Crippen molar-refractivity contribution in [3.8, 4) is 0 Å². The zero-order valence-corrected chi connectivity index (χ0v) is 15.1. The van der Waals surface area contributed by atoms with Crippen LogP contribution in [0.3, 0.4) is 0 Å². The number of halogens is 1. The van der Waals surface area contributed by atoms with Crippen LogP contribution in [0.15, 0.2) is 89.5 Å². The van der Waals surface area contributed by atoms with Gasteiger partial charge in [-0.25, -0.2) is 0 Å². The number of hydrogen-bond acceptors (Lipinski definition) is 1. The molecule has 0 fully saturated rings. The van der Waals surface area contributed by atoms with Crippen LogP contribution in [0.2, 0.25) is 0 Å². The summed E-state index contributed by atoms with van der Waals surface area (Å²) in [5.74, 6) is 0.0614. The lowest BCUT2D eigenvalue weighted by Gasteiger charge is -2.05. The first-order chi connectivity index (χ1) is 12.2. The molecule has 2 nitrogen and oxygen atoms in total. The second-order valence-corrected chi connectivity index (χ2v) is 6.93. The van der Waals surface area contributed by atoms with Gasteiger partial charge in [-0.1, -0.05) is 76.6 Å². The van der Waals surface area contributed by atoms with E-state index >= 15 is 0 Å². The molecule has 122 valence electrons. The first kappa shape index (κ1) is 15.9. The summed E-state index contributed by atoms with van der Waals surface area (Å²) in [5.41, 5.74) is 3.74. The number of rotatable bonds is 4. The first-order valence-electron chi connectivity index (χ1n) is 8.14. The first-order valence-corrected chi connectivity index (χ1v) is 8.94. The van der Waals surface area contributed by atoms with Crippen LogP contribution in [0.4, 0.5) is 0 Å². The van der Waals surface area contributed by atoms with E-state index < -0.39 is 0 Å². The smallest absolute Gasteiger partial charge is 0.195 e. The van der Waals surface area contributed by atoms with E-state index in [9.17, 15) is 4.79 Å². The quantitative estimate of drug-likeness (QED) is 0.411. The molecule has 4 aromatic rings. The van der Waals surface area contributed by atoms with E-state index in [1.165, 1.54) is 5.56 Å². The van der Waals surface area contributed by atoms with E-state index in [2.05, 4.69) is 38.7 Å². The third-order valence-corrected chi connectivity index (χ3v) is 4.86. The SMILES string of the molecule is O=C(c1ccccc1)c1cn(Cc2ccc(Br)cc2)c2ccccc12. The van der Waals surface area contributed by atoms with Gasteiger partial charge in [-0.05, 0) is 23.8 Å². The van der Waals surface area contributed by atoms with Gasteiger partial charge in [-0.3, -0.25) is 4.79 Å². The zero-order valence-electron chi connectivity index (χ0n) is 13.5. The summed E-state index contributed by atoms with van der Waals surface area (Å²) in [5, 5.41) is 0.994. The van der Waals surface area contributed by atoms with Gasteiger partial charge >= 0.3 is 0 Å². The molecule has 1 aromatic heterocycles. The number of hydrogen-bond donors (Lipinski definition) is 0. The van der Waals surface area contributed by atoms with Crippen LogP contribution in [-0.4, -0.2) is 10.4 Å². The van der Waals surface area contributed by atoms with Crippen LogP contribution < -0.4 is 0 Å². The fraction of sp³-hybridized carbons (Fsp3) is 0.0455. The lowest BCUT2D eigenvalue weighted by Crippen LogP contribution is -2.01. The highest BCUT2D eigenvalue weighted by Gasteiger charge is 2.16. The van der Waals surface area contributed by atoms with Crippen molar-refractivity contribution in [2.24, 2.45) is 0 Å². The van der Waals surface area contributed by atoms with Gasteiger partial charge in [0, 0.05) is 39.2 Å². The summed E-state index contributed by atoms with van der Waals surface area (Å²) >= 11 is 3.47. The van der Waals surface area contributed by atoms with E-state index in [-0.39, 0.29) is 5.78 Å². The zero-order chi connectivity index (χ0) is 17.2. The molecule has 0 bridgehead atoms. The Kier molecular flexibility index (Phi) is 4.24. The average Bonchev–Trinajstić information content (AvgIpc) is 3.02. The molecule has 0 N–H and O–H groups in total. The number of benzene rings is 3. The van der Waals surface area contributed by atoms with Crippen molar-refractivity contribution in [3.05, 3.63) is 106 Å². The van der Waals surface area contributed by atoms with Gasteiger partial charge in [0.25, 0.3) is 0 Å². The molecule has 0 saturated carbocycles. The fourth-order valence-corrected chi connectivity index (χ4v) is 3.35. The highest BCUT2D eigenvalue weighted by atomic mass is 79.9. The molecule has 0 aliphatic heterocycles. The van der Waals surface area contributed by atoms with Crippen molar-refractivity contribution in [1.29, 1.82) is 0 Å². The summed E-state index contributed by atoms with van der Waals surface area (Å²) in [6.07, 6.45) is 1.97. The van der Waals surface area contributed by atoms with Crippen LogP contribution in [-0.2, 0) is 6.54 Å². The molecule has 0 atom stereocenters. The highest BCUT2D eigenvalue weighted by molar-refractivity contribution is 9.10. The average molecular weight is 390 g/mol. The van der Waals surface area contributed by atoms with Gasteiger partial charge in [0.15, 0.2) is 5.78 Å². The molecule has 0 amide bonds. The van der Waals surface area contributed by atoms with Gasteiger partial charge in [0.2, 0.25) is 0 Å². The number of ketones is 1. The Morgan fingerprint density at radius 2 is 1.52 bits per heavy atom. The maximum atomic E-state index is 13.0. The van der Waals surface area contributed by atoms with Gasteiger partial charge in [-0.15, -0.1) is 0 Å². The third-order valence-electron chi connectivity index (χ3n) is 4.34. The predicted molar refractivity (Wildman–Crippen MR) is 105 cm³/mol. The Morgan fingerprint density at radius 1 is 0.840 bits per heavy atom. The molecule has 0 unspecified atom stereocenters. The van der Waals surface area contributed by atoms with Crippen molar-refractivity contribution >= 4 is 32.6 Å². The molecule has 3 aromatic carbocycles. The second-order valence-electron chi connectivity index (χ2n) is 6.01. The Labute approximate surface area is 154 Å².